The zero-order chi connectivity index (χ0) is 16.8. The lowest BCUT2D eigenvalue weighted by atomic mass is 9.74. The molecule has 0 bridgehead atoms. The molecule has 24 heavy (non-hydrogen) atoms. The van der Waals surface area contributed by atoms with E-state index in [1.807, 2.05) is 6.92 Å². The predicted octanol–water partition coefficient (Wildman–Crippen LogP) is 4.10. The molecule has 0 spiro atoms. The molecule has 1 aliphatic heterocycles. The van der Waals surface area contributed by atoms with E-state index in [0.29, 0.717) is 13.0 Å². The molecule has 122 valence electrons. The third kappa shape index (κ3) is 2.33. The van der Waals surface area contributed by atoms with E-state index in [1.165, 1.54) is 24.3 Å². The molecule has 1 aliphatic carbocycles. The number of fused-ring (bicyclic) bond motifs is 2. The number of amides is 1. The van der Waals surface area contributed by atoms with E-state index in [9.17, 15) is 13.6 Å². The number of hydrogen-bond acceptors (Lipinski definition) is 1. The van der Waals surface area contributed by atoms with Crippen LogP contribution in [0.5, 0.6) is 0 Å². The van der Waals surface area contributed by atoms with Gasteiger partial charge in [0.1, 0.15) is 11.6 Å². The van der Waals surface area contributed by atoms with Crippen LogP contribution in [0.1, 0.15) is 24.5 Å². The second-order valence-corrected chi connectivity index (χ2v) is 6.47. The molecule has 1 heterocycles. The summed E-state index contributed by atoms with van der Waals surface area (Å²) in [5.41, 5.74) is 5.05. The summed E-state index contributed by atoms with van der Waals surface area (Å²) in [6.45, 7) is 2.56. The number of carbonyl (C=O) groups excluding carboxylic acids is 1. The lowest BCUT2D eigenvalue weighted by Crippen LogP contribution is -2.39. The maximum atomic E-state index is 14.2. The Kier molecular flexibility index (Phi) is 3.48. The first-order valence-corrected chi connectivity index (χ1v) is 8.12. The van der Waals surface area contributed by atoms with Gasteiger partial charge in [-0.05, 0) is 77.8 Å². The zero-order valence-electron chi connectivity index (χ0n) is 13.3. The molecule has 1 saturated heterocycles. The lowest BCUT2D eigenvalue weighted by Gasteiger charge is -2.33. The van der Waals surface area contributed by atoms with E-state index < -0.39 is 0 Å². The number of nitrogens with one attached hydrogen (secondary N) is 1. The highest BCUT2D eigenvalue weighted by Gasteiger charge is 2.33. The van der Waals surface area contributed by atoms with Crippen molar-refractivity contribution in [1.82, 2.24) is 5.32 Å². The summed E-state index contributed by atoms with van der Waals surface area (Å²) in [7, 11) is 0. The van der Waals surface area contributed by atoms with Crippen molar-refractivity contribution in [2.24, 2.45) is 5.92 Å². The fourth-order valence-electron chi connectivity index (χ4n) is 3.94. The molecule has 1 fully saturated rings. The fourth-order valence-corrected chi connectivity index (χ4v) is 3.94. The Balaban J connectivity index is 1.93. The van der Waals surface area contributed by atoms with Crippen molar-refractivity contribution >= 4 is 11.5 Å². The van der Waals surface area contributed by atoms with Crippen molar-refractivity contribution < 1.29 is 13.6 Å². The van der Waals surface area contributed by atoms with Gasteiger partial charge in [0, 0.05) is 12.1 Å². The molecule has 2 aliphatic rings. The standard InChI is InChI=1S/C20H17F2NO/c1-11-16-9-15(22)10-17(12-2-4-14(21)5-3-12)18(16)8-13-6-7-23-20(24)19(11)13/h2-5,9-10,13H,6-8H2,1H3,(H,23,24). The normalized spacial score (nSPS) is 19.6. The van der Waals surface area contributed by atoms with Crippen LogP contribution in [0.4, 0.5) is 8.78 Å². The minimum absolute atomic E-state index is 0.0398. The molecular weight excluding hydrogens is 308 g/mol. The maximum absolute atomic E-state index is 14.2. The van der Waals surface area contributed by atoms with Gasteiger partial charge in [-0.3, -0.25) is 4.79 Å². The van der Waals surface area contributed by atoms with Crippen molar-refractivity contribution in [3.05, 3.63) is 64.7 Å². The SMILES string of the molecule is CC1=C2C(=O)NCCC2Cc2c1cc(F)cc2-c1ccc(F)cc1. The number of benzene rings is 2. The molecule has 2 aromatic carbocycles. The first kappa shape index (κ1) is 15.1. The smallest absolute Gasteiger partial charge is 0.247 e. The molecule has 2 aromatic rings. The van der Waals surface area contributed by atoms with Gasteiger partial charge in [-0.1, -0.05) is 12.1 Å². The highest BCUT2D eigenvalue weighted by molar-refractivity contribution is 6.03. The van der Waals surface area contributed by atoms with E-state index in [4.69, 9.17) is 0 Å². The second kappa shape index (κ2) is 5.55. The van der Waals surface area contributed by atoms with Crippen LogP contribution in [-0.2, 0) is 11.2 Å². The molecule has 1 unspecified atom stereocenters. The minimum atomic E-state index is -0.345. The topological polar surface area (TPSA) is 29.1 Å². The highest BCUT2D eigenvalue weighted by Crippen LogP contribution is 2.42. The Morgan fingerprint density at radius 1 is 1.04 bits per heavy atom. The fraction of sp³-hybridized carbons (Fsp3) is 0.250. The average molecular weight is 325 g/mol. The lowest BCUT2D eigenvalue weighted by molar-refractivity contribution is -0.118. The molecule has 1 amide bonds. The van der Waals surface area contributed by atoms with Gasteiger partial charge in [-0.2, -0.15) is 0 Å². The summed E-state index contributed by atoms with van der Waals surface area (Å²) in [5, 5.41) is 2.88. The number of rotatable bonds is 1. The molecule has 0 radical (unpaired) electrons. The van der Waals surface area contributed by atoms with Gasteiger partial charge >= 0.3 is 0 Å². The van der Waals surface area contributed by atoms with Gasteiger partial charge in [0.15, 0.2) is 0 Å². The van der Waals surface area contributed by atoms with Gasteiger partial charge in [0.2, 0.25) is 5.91 Å². The van der Waals surface area contributed by atoms with Crippen LogP contribution in [0.15, 0.2) is 42.0 Å². The first-order valence-electron chi connectivity index (χ1n) is 8.12. The summed E-state index contributed by atoms with van der Waals surface area (Å²) < 4.78 is 27.4. The van der Waals surface area contributed by atoms with Crippen molar-refractivity contribution in [1.29, 1.82) is 0 Å². The number of allylic oxidation sites excluding steroid dienone is 1. The minimum Gasteiger partial charge on any atom is -0.352 e. The summed E-state index contributed by atoms with van der Waals surface area (Å²) in [4.78, 5) is 12.2. The summed E-state index contributed by atoms with van der Waals surface area (Å²) in [6.07, 6.45) is 1.60. The molecular formula is C20H17F2NO. The summed E-state index contributed by atoms with van der Waals surface area (Å²) >= 11 is 0. The van der Waals surface area contributed by atoms with Crippen molar-refractivity contribution in [2.75, 3.05) is 6.54 Å². The van der Waals surface area contributed by atoms with Gasteiger partial charge in [-0.15, -0.1) is 0 Å². The summed E-state index contributed by atoms with van der Waals surface area (Å²) in [6, 6.07) is 9.13. The Morgan fingerprint density at radius 3 is 2.50 bits per heavy atom. The number of carbonyl (C=O) groups is 1. The van der Waals surface area contributed by atoms with Crippen LogP contribution in [0, 0.1) is 17.6 Å². The van der Waals surface area contributed by atoms with Crippen LogP contribution in [0.3, 0.4) is 0 Å². The predicted molar refractivity (Wildman–Crippen MR) is 89.2 cm³/mol. The van der Waals surface area contributed by atoms with E-state index in [1.54, 1.807) is 12.1 Å². The van der Waals surface area contributed by atoms with Gasteiger partial charge in [0.25, 0.3) is 0 Å². The monoisotopic (exact) mass is 325 g/mol. The van der Waals surface area contributed by atoms with Gasteiger partial charge in [0.05, 0.1) is 0 Å². The van der Waals surface area contributed by atoms with Gasteiger partial charge in [-0.25, -0.2) is 8.78 Å². The van der Waals surface area contributed by atoms with E-state index in [2.05, 4.69) is 5.32 Å². The number of piperidine rings is 1. The van der Waals surface area contributed by atoms with E-state index in [-0.39, 0.29) is 23.5 Å². The molecule has 0 aromatic heterocycles. The zero-order valence-corrected chi connectivity index (χ0v) is 13.3. The third-order valence-electron chi connectivity index (χ3n) is 5.06. The molecule has 2 nitrogen and oxygen atoms in total. The summed E-state index contributed by atoms with van der Waals surface area (Å²) in [5.74, 6) is -0.535. The third-order valence-corrected chi connectivity index (χ3v) is 5.06. The molecule has 1 N–H and O–H groups in total. The number of halogens is 2. The van der Waals surface area contributed by atoms with E-state index >= 15 is 0 Å². The molecule has 4 rings (SSSR count). The van der Waals surface area contributed by atoms with Crippen molar-refractivity contribution in [2.45, 2.75) is 19.8 Å². The molecule has 0 saturated carbocycles. The Bertz CT molecular complexity index is 868. The highest BCUT2D eigenvalue weighted by atomic mass is 19.1. The Hall–Kier alpha value is -2.49. The Labute approximate surface area is 139 Å². The van der Waals surface area contributed by atoms with Crippen LogP contribution in [0.2, 0.25) is 0 Å². The number of hydrogen-bond donors (Lipinski definition) is 1. The van der Waals surface area contributed by atoms with E-state index in [0.717, 1.165) is 39.8 Å². The quantitative estimate of drug-likeness (QED) is 0.840. The van der Waals surface area contributed by atoms with Crippen LogP contribution in [0.25, 0.3) is 16.7 Å². The van der Waals surface area contributed by atoms with Crippen molar-refractivity contribution in [3.8, 4) is 11.1 Å². The second-order valence-electron chi connectivity index (χ2n) is 6.47. The maximum Gasteiger partial charge on any atom is 0.247 e. The van der Waals surface area contributed by atoms with Crippen molar-refractivity contribution in [3.63, 3.8) is 0 Å². The molecule has 4 heteroatoms. The Morgan fingerprint density at radius 2 is 1.75 bits per heavy atom. The first-order chi connectivity index (χ1) is 11.5. The van der Waals surface area contributed by atoms with Crippen LogP contribution in [-0.4, -0.2) is 12.5 Å². The van der Waals surface area contributed by atoms with Gasteiger partial charge < -0.3 is 5.32 Å². The van der Waals surface area contributed by atoms with Crippen LogP contribution >= 0.6 is 0 Å². The largest absolute Gasteiger partial charge is 0.352 e. The molecule has 1 atom stereocenters. The van der Waals surface area contributed by atoms with Crippen LogP contribution < -0.4 is 5.32 Å². The average Bonchev–Trinajstić information content (AvgIpc) is 2.56.